The predicted molar refractivity (Wildman–Crippen MR) is 128 cm³/mol. The van der Waals surface area contributed by atoms with Gasteiger partial charge < -0.3 is 38.2 Å². The number of hydrogen-bond donors (Lipinski definition) is 0. The van der Waals surface area contributed by atoms with Crippen molar-refractivity contribution in [2.24, 2.45) is 0 Å². The fourth-order valence-corrected chi connectivity index (χ4v) is 3.00. The molecule has 0 spiro atoms. The number of carboxylic acid groups (broad SMARTS) is 2. The average Bonchev–Trinajstić information content (AvgIpc) is 2.90. The molecule has 0 aromatic heterocycles. The molecular weight excluding hydrogens is 472 g/mol. The second-order valence-electron chi connectivity index (χ2n) is 7.26. The van der Waals surface area contributed by atoms with Crippen LogP contribution >= 0.6 is 0 Å². The molecule has 12 heteroatoms. The molecule has 0 amide bonds. The van der Waals surface area contributed by atoms with Crippen molar-refractivity contribution in [1.29, 1.82) is 10.5 Å². The Balaban J connectivity index is -0.000000190. The van der Waals surface area contributed by atoms with Crippen molar-refractivity contribution in [2.45, 2.75) is 55.4 Å². The highest BCUT2D eigenvalue weighted by Gasteiger charge is 2.17. The highest BCUT2D eigenvalue weighted by Crippen LogP contribution is 2.04. The number of quaternary nitrogens is 2. The minimum atomic E-state index is -1.94. The number of carbonyl (C=O) groups excluding carboxylic acids is 4. The van der Waals surface area contributed by atoms with Crippen LogP contribution in [0.5, 0.6) is 0 Å². The smallest absolute Gasteiger partial charge is 0.355 e. The minimum absolute atomic E-state index is 0.563. The second kappa shape index (κ2) is 24.9. The molecule has 0 N–H and O–H groups in total. The molecule has 36 heavy (non-hydrogen) atoms. The molecule has 0 aromatic carbocycles. The van der Waals surface area contributed by atoms with Crippen LogP contribution in [0.3, 0.4) is 0 Å². The number of rotatable bonds is 10. The summed E-state index contributed by atoms with van der Waals surface area (Å²) in [5.41, 5.74) is 0. The molecule has 0 unspecified atom stereocenters. The van der Waals surface area contributed by atoms with E-state index in [0.717, 1.165) is 0 Å². The van der Waals surface area contributed by atoms with E-state index in [1.54, 1.807) is 0 Å². The molecule has 0 aliphatic carbocycles. The summed E-state index contributed by atoms with van der Waals surface area (Å²) in [6.07, 6.45) is 0. The number of nitrogens with zero attached hydrogens (tertiary/aromatic N) is 4. The van der Waals surface area contributed by atoms with Crippen molar-refractivity contribution in [3.05, 3.63) is 0 Å². The predicted octanol–water partition coefficient (Wildman–Crippen LogP) is -0.628. The van der Waals surface area contributed by atoms with E-state index in [0.29, 0.717) is 0 Å². The van der Waals surface area contributed by atoms with Gasteiger partial charge in [0.05, 0.1) is 52.4 Å². The van der Waals surface area contributed by atoms with E-state index in [2.05, 4.69) is 64.9 Å². The third-order valence-corrected chi connectivity index (χ3v) is 6.24. The molecule has 0 atom stereocenters. The van der Waals surface area contributed by atoms with Crippen LogP contribution in [0.1, 0.15) is 55.4 Å². The van der Waals surface area contributed by atoms with Gasteiger partial charge in [0.25, 0.3) is 0 Å². The fraction of sp³-hybridized carbons (Fsp3) is 0.750. The summed E-state index contributed by atoms with van der Waals surface area (Å²) < 4.78 is 10.1. The first-order valence-corrected chi connectivity index (χ1v) is 12.1. The minimum Gasteiger partial charge on any atom is -0.539 e. The maximum Gasteiger partial charge on any atom is 0.355 e. The molecule has 0 saturated carbocycles. The highest BCUT2D eigenvalue weighted by molar-refractivity contribution is 6.27. The molecule has 0 heterocycles. The van der Waals surface area contributed by atoms with E-state index < -0.39 is 37.1 Å². The summed E-state index contributed by atoms with van der Waals surface area (Å²) in [7, 11) is 0. The second-order valence-corrected chi connectivity index (χ2v) is 7.26. The van der Waals surface area contributed by atoms with Gasteiger partial charge >= 0.3 is 11.9 Å². The van der Waals surface area contributed by atoms with Crippen LogP contribution in [-0.2, 0) is 28.7 Å². The lowest BCUT2D eigenvalue weighted by Crippen LogP contribution is -2.47. The average molecular weight is 517 g/mol. The van der Waals surface area contributed by atoms with Gasteiger partial charge in [-0.2, -0.15) is 10.5 Å². The zero-order chi connectivity index (χ0) is 29.2. The van der Waals surface area contributed by atoms with Crippen LogP contribution in [0.2, 0.25) is 0 Å². The molecule has 0 rings (SSSR count). The number of hydrogen-bond acceptors (Lipinski definition) is 10. The molecule has 0 aliphatic rings. The standard InChI is InChI=1S/2C8H20N.2C4H3NO4/c2*1-5-9(6-2,7-3)8-4;2*5-1-2-9-4(8)3(6)7/h2*5-8H2,1-4H3;2*2H2,(H,6,7)/q2*+1;;/p-2. The lowest BCUT2D eigenvalue weighted by molar-refractivity contribution is -0.921. The van der Waals surface area contributed by atoms with Gasteiger partial charge in [0.15, 0.2) is 25.2 Å². The number of aliphatic carboxylic acids is 2. The summed E-state index contributed by atoms with van der Waals surface area (Å²) in [6.45, 7) is 27.3. The van der Waals surface area contributed by atoms with Gasteiger partial charge in [-0.15, -0.1) is 0 Å². The first-order chi connectivity index (χ1) is 16.8. The maximum atomic E-state index is 9.87. The van der Waals surface area contributed by atoms with Gasteiger partial charge in [0.1, 0.15) is 12.1 Å². The van der Waals surface area contributed by atoms with Crippen molar-refractivity contribution in [1.82, 2.24) is 0 Å². The van der Waals surface area contributed by atoms with Crippen LogP contribution in [0.25, 0.3) is 0 Å². The summed E-state index contributed by atoms with van der Waals surface area (Å²) >= 11 is 0. The number of carboxylic acids is 2. The van der Waals surface area contributed by atoms with Crippen LogP contribution in [0.15, 0.2) is 0 Å². The number of carbonyl (C=O) groups is 4. The SMILES string of the molecule is CC[N+](CC)(CC)CC.CC[N+](CC)(CC)CC.N#CCOC(=O)C(=O)[O-].N#CCOC(=O)C(=O)[O-]. The Morgan fingerprint density at radius 3 is 0.833 bits per heavy atom. The van der Waals surface area contributed by atoms with E-state index in [4.69, 9.17) is 10.5 Å². The van der Waals surface area contributed by atoms with Crippen molar-refractivity contribution in [3.63, 3.8) is 0 Å². The third-order valence-electron chi connectivity index (χ3n) is 6.24. The monoisotopic (exact) mass is 516 g/mol. The molecule has 208 valence electrons. The van der Waals surface area contributed by atoms with Gasteiger partial charge in [0, 0.05) is 0 Å². The molecule has 0 bridgehead atoms. The Hall–Kier alpha value is -3.22. The van der Waals surface area contributed by atoms with Gasteiger partial charge in [-0.1, -0.05) is 0 Å². The summed E-state index contributed by atoms with van der Waals surface area (Å²) in [6, 6.07) is 2.84. The van der Waals surface area contributed by atoms with E-state index in [1.165, 1.54) is 73.5 Å². The Bertz CT molecular complexity index is 611. The maximum absolute atomic E-state index is 9.87. The van der Waals surface area contributed by atoms with Gasteiger partial charge in [-0.05, 0) is 55.4 Å². The highest BCUT2D eigenvalue weighted by atomic mass is 16.6. The lowest BCUT2D eigenvalue weighted by Gasteiger charge is -2.34. The van der Waals surface area contributed by atoms with E-state index in [1.807, 2.05) is 0 Å². The van der Waals surface area contributed by atoms with Crippen molar-refractivity contribution in [3.8, 4) is 12.1 Å². The van der Waals surface area contributed by atoms with E-state index >= 15 is 0 Å². The van der Waals surface area contributed by atoms with Gasteiger partial charge in [-0.3, -0.25) is 0 Å². The zero-order valence-corrected chi connectivity index (χ0v) is 23.1. The van der Waals surface area contributed by atoms with Crippen molar-refractivity contribution in [2.75, 3.05) is 65.6 Å². The quantitative estimate of drug-likeness (QED) is 0.206. The number of esters is 2. The van der Waals surface area contributed by atoms with Crippen LogP contribution in [0, 0.1) is 22.7 Å². The van der Waals surface area contributed by atoms with Crippen LogP contribution < -0.4 is 10.2 Å². The zero-order valence-electron chi connectivity index (χ0n) is 23.1. The van der Waals surface area contributed by atoms with Crippen LogP contribution in [-0.4, -0.2) is 98.4 Å². The van der Waals surface area contributed by atoms with Crippen LogP contribution in [0.4, 0.5) is 0 Å². The first-order valence-electron chi connectivity index (χ1n) is 12.1. The molecule has 0 radical (unpaired) electrons. The molecule has 0 aromatic rings. The topological polar surface area (TPSA) is 180 Å². The largest absolute Gasteiger partial charge is 0.539 e. The number of ether oxygens (including phenoxy) is 2. The first kappa shape index (κ1) is 40.0. The van der Waals surface area contributed by atoms with E-state index in [-0.39, 0.29) is 0 Å². The fourth-order valence-electron chi connectivity index (χ4n) is 3.00. The Morgan fingerprint density at radius 1 is 0.556 bits per heavy atom. The van der Waals surface area contributed by atoms with Crippen molar-refractivity contribution >= 4 is 23.9 Å². The van der Waals surface area contributed by atoms with Gasteiger partial charge in [0.2, 0.25) is 0 Å². The third kappa shape index (κ3) is 20.2. The molecule has 0 fully saturated rings. The molecular formula is C24H44N4O8. The Kier molecular flexibility index (Phi) is 27.6. The number of nitriles is 2. The summed E-state index contributed by atoms with van der Waals surface area (Å²) in [5, 5.41) is 34.5. The molecule has 0 saturated heterocycles. The molecule has 0 aliphatic heterocycles. The van der Waals surface area contributed by atoms with Crippen molar-refractivity contribution < 1.29 is 47.8 Å². The Morgan fingerprint density at radius 2 is 0.750 bits per heavy atom. The molecule has 12 nitrogen and oxygen atoms in total. The van der Waals surface area contributed by atoms with Gasteiger partial charge in [-0.25, -0.2) is 9.59 Å². The Labute approximate surface area is 215 Å². The summed E-state index contributed by atoms with van der Waals surface area (Å²) in [5.74, 6) is -6.91. The van der Waals surface area contributed by atoms with E-state index in [9.17, 15) is 29.4 Å². The lowest BCUT2D eigenvalue weighted by atomic mass is 10.3. The normalized spacial score (nSPS) is 9.72. The summed E-state index contributed by atoms with van der Waals surface area (Å²) in [4.78, 5) is 38.8.